The van der Waals surface area contributed by atoms with Crippen LogP contribution in [0, 0.1) is 0 Å². The van der Waals surface area contributed by atoms with Crippen LogP contribution in [0.1, 0.15) is 65.5 Å². The van der Waals surface area contributed by atoms with E-state index < -0.39 is 23.1 Å². The second kappa shape index (κ2) is 17.6. The van der Waals surface area contributed by atoms with Crippen molar-refractivity contribution >= 4 is 23.7 Å². The number of ether oxygens (including phenoxy) is 2. The number of ketones is 1. The fraction of sp³-hybridized carbons (Fsp3) is 0.357. The van der Waals surface area contributed by atoms with Crippen molar-refractivity contribution in [3.8, 4) is 0 Å². The van der Waals surface area contributed by atoms with Crippen LogP contribution in [0.3, 0.4) is 0 Å². The molecule has 196 valence electrons. The second-order valence-corrected chi connectivity index (χ2v) is 8.84. The number of rotatable bonds is 5. The van der Waals surface area contributed by atoms with Gasteiger partial charge in [0.15, 0.2) is 0 Å². The number of aliphatic carboxylic acids is 1. The maximum Gasteiger partial charge on any atom is 1.00 e. The number of carboxylic acids is 1. The maximum atomic E-state index is 11.4. The zero-order valence-corrected chi connectivity index (χ0v) is 24.7. The Balaban J connectivity index is 0. The first kappa shape index (κ1) is 36.4. The van der Waals surface area contributed by atoms with Crippen molar-refractivity contribution in [2.24, 2.45) is 0 Å². The Bertz CT molecular complexity index is 983. The van der Waals surface area contributed by atoms with Gasteiger partial charge in [0.25, 0.3) is 0 Å². The number of aliphatic hydroxyl groups is 1. The Morgan fingerprint density at radius 2 is 1.32 bits per heavy atom. The minimum absolute atomic E-state index is 0. The first-order valence-electron chi connectivity index (χ1n) is 11.1. The molecule has 1 fully saturated rings. The van der Waals surface area contributed by atoms with Gasteiger partial charge in [0.2, 0.25) is 0 Å². The number of hydrogen-bond acceptors (Lipinski definition) is 8. The van der Waals surface area contributed by atoms with E-state index in [2.05, 4.69) is 11.3 Å². The third-order valence-electron chi connectivity index (χ3n) is 4.31. The van der Waals surface area contributed by atoms with Crippen LogP contribution in [0.25, 0.3) is 0 Å². The van der Waals surface area contributed by atoms with Gasteiger partial charge in [-0.05, 0) is 52.7 Å². The van der Waals surface area contributed by atoms with Crippen LogP contribution >= 0.6 is 0 Å². The van der Waals surface area contributed by atoms with E-state index in [-0.39, 0.29) is 47.7 Å². The van der Waals surface area contributed by atoms with Crippen LogP contribution in [0.15, 0.2) is 73.0 Å². The number of carbonyl (C=O) groups is 4. The van der Waals surface area contributed by atoms with Crippen LogP contribution < -0.4 is 34.7 Å². The quantitative estimate of drug-likeness (QED) is 0.343. The molecule has 0 bridgehead atoms. The summed E-state index contributed by atoms with van der Waals surface area (Å²) in [5.74, 6) is -1.34. The molecule has 1 aliphatic heterocycles. The van der Waals surface area contributed by atoms with E-state index in [4.69, 9.17) is 14.6 Å². The summed E-state index contributed by atoms with van der Waals surface area (Å²) >= 11 is 0. The fourth-order valence-corrected chi connectivity index (χ4v) is 2.58. The minimum atomic E-state index is -1.08. The molecule has 0 radical (unpaired) electrons. The molecular formula is C28H35NaO8. The van der Waals surface area contributed by atoms with Crippen LogP contribution in [0.4, 0.5) is 0 Å². The summed E-state index contributed by atoms with van der Waals surface area (Å²) in [6.07, 6.45) is 0.246. The number of carbonyl (C=O) groups excluding carboxylic acids is 4. The molecule has 0 saturated carbocycles. The average molecular weight is 523 g/mol. The van der Waals surface area contributed by atoms with Crippen molar-refractivity contribution in [2.75, 3.05) is 0 Å². The van der Waals surface area contributed by atoms with Gasteiger partial charge in [0, 0.05) is 5.97 Å². The first-order chi connectivity index (χ1) is 16.5. The maximum absolute atomic E-state index is 11.4. The standard InChI is InChI=1S/C13H16O3.C9H12O.C4H4O2.C2H4O2.Na/c1-10(14)9-12(15)16-13(2,3)11-7-5-4-6-8-11;1-9(2,10)8-6-4-3-5-7-8;1-3-2-4(5)6-3;1-2(3)4;/h4-8H,9H2,1-3H3;3-7,10H,1-2H3;1-2H2;1H3,(H,3,4);/q;;;;+1/p-1. The second-order valence-electron chi connectivity index (χ2n) is 8.84. The molecule has 0 aromatic heterocycles. The molecule has 0 aliphatic carbocycles. The zero-order valence-electron chi connectivity index (χ0n) is 22.7. The van der Waals surface area contributed by atoms with Gasteiger partial charge >= 0.3 is 41.5 Å². The van der Waals surface area contributed by atoms with Gasteiger partial charge in [-0.2, -0.15) is 0 Å². The Kier molecular flexibility index (Phi) is 17.3. The monoisotopic (exact) mass is 522 g/mol. The molecular weight excluding hydrogens is 487 g/mol. The predicted molar refractivity (Wildman–Crippen MR) is 133 cm³/mol. The molecule has 1 saturated heterocycles. The largest absolute Gasteiger partial charge is 1.00 e. The summed E-state index contributed by atoms with van der Waals surface area (Å²) in [6.45, 7) is 12.9. The van der Waals surface area contributed by atoms with Crippen molar-refractivity contribution in [2.45, 2.75) is 65.6 Å². The summed E-state index contributed by atoms with van der Waals surface area (Å²) in [5, 5.41) is 18.4. The molecule has 1 N–H and O–H groups in total. The van der Waals surface area contributed by atoms with Crippen LogP contribution in [-0.2, 0) is 39.9 Å². The predicted octanol–water partition coefficient (Wildman–Crippen LogP) is 0.565. The topological polar surface area (TPSA) is 130 Å². The Labute approximate surface area is 241 Å². The van der Waals surface area contributed by atoms with E-state index in [1.54, 1.807) is 27.7 Å². The number of cyclic esters (lactones) is 1. The summed E-state index contributed by atoms with van der Waals surface area (Å²) in [5.41, 5.74) is 0.455. The van der Waals surface area contributed by atoms with Crippen LogP contribution in [0.5, 0.6) is 0 Å². The van der Waals surface area contributed by atoms with Gasteiger partial charge in [-0.3, -0.25) is 14.4 Å². The summed E-state index contributed by atoms with van der Waals surface area (Å²) in [6, 6.07) is 19.1. The van der Waals surface area contributed by atoms with Crippen molar-refractivity contribution < 1.29 is 68.4 Å². The molecule has 2 aromatic rings. The van der Waals surface area contributed by atoms with Gasteiger partial charge in [-0.1, -0.05) is 67.2 Å². The Morgan fingerprint density at radius 3 is 1.57 bits per heavy atom. The number of benzene rings is 2. The van der Waals surface area contributed by atoms with E-state index in [1.165, 1.54) is 6.92 Å². The molecule has 8 nitrogen and oxygen atoms in total. The molecule has 0 amide bonds. The molecule has 37 heavy (non-hydrogen) atoms. The first-order valence-corrected chi connectivity index (χ1v) is 11.1. The van der Waals surface area contributed by atoms with Gasteiger partial charge in [0.1, 0.15) is 30.0 Å². The zero-order chi connectivity index (χ0) is 27.9. The van der Waals surface area contributed by atoms with Gasteiger partial charge in [-0.25, -0.2) is 0 Å². The van der Waals surface area contributed by atoms with E-state index >= 15 is 0 Å². The van der Waals surface area contributed by atoms with Crippen molar-refractivity contribution in [3.05, 3.63) is 84.1 Å². The number of esters is 2. The molecule has 1 heterocycles. The van der Waals surface area contributed by atoms with E-state index in [0.29, 0.717) is 12.2 Å². The minimum Gasteiger partial charge on any atom is -0.550 e. The van der Waals surface area contributed by atoms with E-state index in [0.717, 1.165) is 18.1 Å². The third kappa shape index (κ3) is 18.2. The SMILES string of the molecule is C=C1CC(=O)O1.CC(=O)CC(=O)OC(C)(C)c1ccccc1.CC(=O)[O-].CC(C)(O)c1ccccc1.[Na+]. The van der Waals surface area contributed by atoms with E-state index in [1.807, 2.05) is 60.7 Å². The van der Waals surface area contributed by atoms with Gasteiger partial charge < -0.3 is 24.5 Å². The Morgan fingerprint density at radius 1 is 0.946 bits per heavy atom. The third-order valence-corrected chi connectivity index (χ3v) is 4.31. The van der Waals surface area contributed by atoms with Crippen LogP contribution in [-0.4, -0.2) is 28.8 Å². The molecule has 0 spiro atoms. The molecule has 0 atom stereocenters. The van der Waals surface area contributed by atoms with Crippen molar-refractivity contribution in [1.29, 1.82) is 0 Å². The molecule has 1 aliphatic rings. The normalized spacial score (nSPS) is 11.6. The van der Waals surface area contributed by atoms with Crippen molar-refractivity contribution in [3.63, 3.8) is 0 Å². The Hall–Kier alpha value is -2.78. The van der Waals surface area contributed by atoms with Gasteiger partial charge in [0.05, 0.1) is 5.60 Å². The van der Waals surface area contributed by atoms with Gasteiger partial charge in [-0.15, -0.1) is 0 Å². The molecule has 3 rings (SSSR count). The fourth-order valence-electron chi connectivity index (χ4n) is 2.58. The number of carboxylic acid groups (broad SMARTS) is 1. The summed E-state index contributed by atoms with van der Waals surface area (Å²) in [7, 11) is 0. The summed E-state index contributed by atoms with van der Waals surface area (Å²) in [4.78, 5) is 40.9. The average Bonchev–Trinajstić information content (AvgIpc) is 2.73. The smallest absolute Gasteiger partial charge is 0.550 e. The number of Topliss-reactive ketones (excluding diaryl/α,β-unsaturated/α-hetero) is 1. The number of hydrogen-bond donors (Lipinski definition) is 1. The molecule has 9 heteroatoms. The molecule has 2 aromatic carbocycles. The van der Waals surface area contributed by atoms with Crippen LogP contribution in [0.2, 0.25) is 0 Å². The summed E-state index contributed by atoms with van der Waals surface area (Å²) < 4.78 is 9.58. The van der Waals surface area contributed by atoms with E-state index in [9.17, 15) is 19.5 Å². The molecule has 0 unspecified atom stereocenters. The van der Waals surface area contributed by atoms with Crippen molar-refractivity contribution in [1.82, 2.24) is 0 Å².